The first kappa shape index (κ1) is 20.8. The number of hydrogen-bond donors (Lipinski definition) is 0. The van der Waals surface area contributed by atoms with Crippen LogP contribution < -0.4 is 9.47 Å². The second kappa shape index (κ2) is 9.03. The highest BCUT2D eigenvalue weighted by Gasteiger charge is 2.25. The third kappa shape index (κ3) is 4.73. The normalized spacial score (nSPS) is 14.5. The Kier molecular flexibility index (Phi) is 6.47. The number of carbonyl (C=O) groups is 1. The van der Waals surface area contributed by atoms with Gasteiger partial charge in [-0.3, -0.25) is 10.1 Å². The van der Waals surface area contributed by atoms with Gasteiger partial charge in [-0.1, -0.05) is 6.07 Å². The summed E-state index contributed by atoms with van der Waals surface area (Å²) in [6.07, 6.45) is 1.58. The zero-order valence-electron chi connectivity index (χ0n) is 15.7. The minimum absolute atomic E-state index is 0.0237. The molecule has 0 saturated carbocycles. The van der Waals surface area contributed by atoms with Gasteiger partial charge in [0.05, 0.1) is 21.7 Å². The van der Waals surface area contributed by atoms with Gasteiger partial charge in [-0.05, 0) is 66.3 Å². The molecule has 0 spiro atoms. The number of carbonyl (C=O) groups excluding carboxylic acids is 1. The first-order valence-electron chi connectivity index (χ1n) is 8.79. The van der Waals surface area contributed by atoms with Gasteiger partial charge in [-0.25, -0.2) is 9.79 Å². The van der Waals surface area contributed by atoms with Gasteiger partial charge in [0.25, 0.3) is 5.69 Å². The Bertz CT molecular complexity index is 1030. The lowest BCUT2D eigenvalue weighted by Gasteiger charge is -2.13. The van der Waals surface area contributed by atoms with Crippen molar-refractivity contribution >= 4 is 46.2 Å². The number of ether oxygens (including phenoxy) is 3. The number of esters is 1. The fourth-order valence-electron chi connectivity index (χ4n) is 2.66. The number of halogens is 1. The maximum Gasteiger partial charge on any atom is 0.363 e. The molecule has 2 aromatic rings. The molecule has 0 unspecified atom stereocenters. The number of rotatable bonds is 7. The Balaban J connectivity index is 1.97. The molecule has 0 bridgehead atoms. The first-order valence-corrected chi connectivity index (χ1v) is 9.87. The summed E-state index contributed by atoms with van der Waals surface area (Å²) in [5, 5.41) is 11.0. The van der Waals surface area contributed by atoms with Crippen LogP contribution in [0.1, 0.15) is 25.0 Å². The summed E-state index contributed by atoms with van der Waals surface area (Å²) in [6, 6.07) is 9.37. The lowest BCUT2D eigenvalue weighted by molar-refractivity contribution is -0.384. The summed E-state index contributed by atoms with van der Waals surface area (Å²) < 4.78 is 17.3. The SMILES string of the molecule is CCOc1cc(C=C2N=C(c3cccc([N+](=O)[O-])c3)OC2=O)cc(I)c1OCC. The summed E-state index contributed by atoms with van der Waals surface area (Å²) in [4.78, 5) is 26.9. The number of benzene rings is 2. The fraction of sp³-hybridized carbons (Fsp3) is 0.200. The van der Waals surface area contributed by atoms with Crippen LogP contribution in [-0.2, 0) is 9.53 Å². The monoisotopic (exact) mass is 508 g/mol. The molecule has 29 heavy (non-hydrogen) atoms. The lowest BCUT2D eigenvalue weighted by Crippen LogP contribution is -2.05. The van der Waals surface area contributed by atoms with Crippen LogP contribution in [-0.4, -0.2) is 30.0 Å². The van der Waals surface area contributed by atoms with Gasteiger partial charge in [0.15, 0.2) is 17.2 Å². The summed E-state index contributed by atoms with van der Waals surface area (Å²) in [5.41, 5.74) is 1.03. The highest BCUT2D eigenvalue weighted by Crippen LogP contribution is 2.35. The highest BCUT2D eigenvalue weighted by molar-refractivity contribution is 14.1. The molecule has 0 atom stereocenters. The molecule has 0 aromatic heterocycles. The van der Waals surface area contributed by atoms with Crippen LogP contribution in [0.5, 0.6) is 11.5 Å². The molecular weight excluding hydrogens is 491 g/mol. The van der Waals surface area contributed by atoms with E-state index in [4.69, 9.17) is 14.2 Å². The van der Waals surface area contributed by atoms with E-state index in [1.165, 1.54) is 18.2 Å². The number of nitro benzene ring substituents is 1. The number of non-ortho nitro benzene ring substituents is 1. The Labute approximate surface area is 180 Å². The van der Waals surface area contributed by atoms with Crippen molar-refractivity contribution in [1.82, 2.24) is 0 Å². The summed E-state index contributed by atoms with van der Waals surface area (Å²) in [6.45, 7) is 4.73. The van der Waals surface area contributed by atoms with Crippen molar-refractivity contribution in [2.45, 2.75) is 13.8 Å². The van der Waals surface area contributed by atoms with E-state index in [9.17, 15) is 14.9 Å². The lowest BCUT2D eigenvalue weighted by atomic mass is 10.1. The molecule has 3 rings (SSSR count). The molecule has 2 aromatic carbocycles. The molecule has 8 nitrogen and oxygen atoms in total. The third-order valence-electron chi connectivity index (χ3n) is 3.85. The quantitative estimate of drug-likeness (QED) is 0.181. The van der Waals surface area contributed by atoms with Crippen LogP contribution in [0.2, 0.25) is 0 Å². The predicted octanol–water partition coefficient (Wildman–Crippen LogP) is 4.34. The van der Waals surface area contributed by atoms with Crippen LogP contribution in [0.15, 0.2) is 47.1 Å². The van der Waals surface area contributed by atoms with Crippen LogP contribution in [0.3, 0.4) is 0 Å². The van der Waals surface area contributed by atoms with Gasteiger partial charge < -0.3 is 14.2 Å². The van der Waals surface area contributed by atoms with Crippen molar-refractivity contribution in [2.24, 2.45) is 4.99 Å². The van der Waals surface area contributed by atoms with E-state index < -0.39 is 10.9 Å². The maximum atomic E-state index is 12.2. The molecule has 1 aliphatic rings. The number of aliphatic imine (C=N–C) groups is 1. The van der Waals surface area contributed by atoms with E-state index in [1.807, 2.05) is 19.9 Å². The predicted molar refractivity (Wildman–Crippen MR) is 115 cm³/mol. The smallest absolute Gasteiger partial charge is 0.363 e. The van der Waals surface area contributed by atoms with Crippen molar-refractivity contribution in [3.8, 4) is 11.5 Å². The zero-order valence-corrected chi connectivity index (χ0v) is 17.8. The molecular formula is C20H17IN2O6. The van der Waals surface area contributed by atoms with E-state index in [0.29, 0.717) is 35.8 Å². The van der Waals surface area contributed by atoms with Gasteiger partial charge in [0.1, 0.15) is 0 Å². The minimum atomic E-state index is -0.631. The molecule has 0 amide bonds. The van der Waals surface area contributed by atoms with E-state index in [0.717, 1.165) is 3.57 Å². The minimum Gasteiger partial charge on any atom is -0.490 e. The second-order valence-electron chi connectivity index (χ2n) is 5.84. The molecule has 1 aliphatic heterocycles. The Hall–Kier alpha value is -2.95. The van der Waals surface area contributed by atoms with E-state index >= 15 is 0 Å². The molecule has 0 saturated heterocycles. The largest absolute Gasteiger partial charge is 0.490 e. The van der Waals surface area contributed by atoms with E-state index in [1.54, 1.807) is 18.2 Å². The van der Waals surface area contributed by atoms with Crippen LogP contribution in [0.25, 0.3) is 6.08 Å². The first-order chi connectivity index (χ1) is 13.9. The van der Waals surface area contributed by atoms with Crippen molar-refractivity contribution in [3.05, 3.63) is 66.9 Å². The summed E-state index contributed by atoms with van der Waals surface area (Å²) in [7, 11) is 0. The third-order valence-corrected chi connectivity index (χ3v) is 4.65. The number of nitrogens with zero attached hydrogens (tertiary/aromatic N) is 2. The van der Waals surface area contributed by atoms with Gasteiger partial charge in [-0.2, -0.15) is 0 Å². The molecule has 0 fully saturated rings. The van der Waals surface area contributed by atoms with Crippen LogP contribution in [0, 0.1) is 13.7 Å². The second-order valence-corrected chi connectivity index (χ2v) is 7.00. The van der Waals surface area contributed by atoms with Gasteiger partial charge in [0.2, 0.25) is 5.90 Å². The molecule has 0 radical (unpaired) electrons. The topological polar surface area (TPSA) is 100 Å². The van der Waals surface area contributed by atoms with Crippen molar-refractivity contribution in [3.63, 3.8) is 0 Å². The summed E-state index contributed by atoms with van der Waals surface area (Å²) in [5.74, 6) is 0.609. The zero-order chi connectivity index (χ0) is 21.0. The van der Waals surface area contributed by atoms with Crippen molar-refractivity contribution < 1.29 is 23.9 Å². The average molecular weight is 508 g/mol. The molecule has 150 valence electrons. The van der Waals surface area contributed by atoms with Gasteiger partial charge >= 0.3 is 5.97 Å². The van der Waals surface area contributed by atoms with Gasteiger partial charge in [-0.15, -0.1) is 0 Å². The molecule has 9 heteroatoms. The van der Waals surface area contributed by atoms with Crippen molar-refractivity contribution in [2.75, 3.05) is 13.2 Å². The average Bonchev–Trinajstić information content (AvgIpc) is 3.05. The standard InChI is InChI=1S/C20H17IN2O6/c1-3-27-17-10-12(8-15(21)18(17)28-4-2)9-16-20(24)29-19(22-16)13-6-5-7-14(11-13)23(25)26/h5-11H,3-4H2,1-2H3. The number of hydrogen-bond acceptors (Lipinski definition) is 7. The van der Waals surface area contributed by atoms with Gasteiger partial charge in [0, 0.05) is 17.7 Å². The van der Waals surface area contributed by atoms with Crippen LogP contribution >= 0.6 is 22.6 Å². The maximum absolute atomic E-state index is 12.2. The molecule has 0 aliphatic carbocycles. The highest BCUT2D eigenvalue weighted by atomic mass is 127. The molecule has 1 heterocycles. The van der Waals surface area contributed by atoms with E-state index in [-0.39, 0.29) is 17.3 Å². The van der Waals surface area contributed by atoms with Crippen molar-refractivity contribution in [1.29, 1.82) is 0 Å². The number of nitro groups is 1. The van der Waals surface area contributed by atoms with E-state index in [2.05, 4.69) is 27.6 Å². The van der Waals surface area contributed by atoms with Crippen LogP contribution in [0.4, 0.5) is 5.69 Å². The Morgan fingerprint density at radius 3 is 2.66 bits per heavy atom. The Morgan fingerprint density at radius 1 is 1.21 bits per heavy atom. The Morgan fingerprint density at radius 2 is 1.97 bits per heavy atom. The molecule has 0 N–H and O–H groups in total. The number of cyclic esters (lactones) is 1. The summed E-state index contributed by atoms with van der Waals surface area (Å²) >= 11 is 2.14. The fourth-order valence-corrected chi connectivity index (χ4v) is 3.44.